The average Bonchev–Trinajstić information content (AvgIpc) is 2.80. The molecule has 0 atom stereocenters. The Morgan fingerprint density at radius 3 is 2.72 bits per heavy atom. The molecule has 0 amide bonds. The number of guanidine groups is 1. The van der Waals surface area contributed by atoms with E-state index in [2.05, 4.69) is 41.5 Å². The van der Waals surface area contributed by atoms with Crippen LogP contribution < -0.4 is 20.5 Å². The molecule has 1 heterocycles. The maximum Gasteiger partial charge on any atom is 0.193 e. The van der Waals surface area contributed by atoms with Crippen LogP contribution in [0.2, 0.25) is 0 Å². The first kappa shape index (κ1) is 19.4. The predicted octanol–water partition coefficient (Wildman–Crippen LogP) is 3.74. The molecule has 0 radical (unpaired) electrons. The number of halogens is 1. The lowest BCUT2D eigenvalue weighted by atomic mass is 10.1. The van der Waals surface area contributed by atoms with Crippen LogP contribution in [0.5, 0.6) is 11.5 Å². The maximum absolute atomic E-state index is 5.97. The molecular formula is C19H24IN3O2. The highest BCUT2D eigenvalue weighted by molar-refractivity contribution is 14.0. The van der Waals surface area contributed by atoms with Crippen molar-refractivity contribution in [1.29, 1.82) is 0 Å². The van der Waals surface area contributed by atoms with Crippen molar-refractivity contribution in [2.75, 3.05) is 25.1 Å². The maximum atomic E-state index is 5.97. The third kappa shape index (κ3) is 5.81. The number of fused-ring (bicyclic) bond motifs is 1. The molecule has 0 aromatic heterocycles. The monoisotopic (exact) mass is 453 g/mol. The number of hydrogen-bond donors (Lipinski definition) is 2. The molecule has 3 rings (SSSR count). The van der Waals surface area contributed by atoms with E-state index < -0.39 is 0 Å². The van der Waals surface area contributed by atoms with Gasteiger partial charge in [0.15, 0.2) is 17.5 Å². The molecule has 0 fully saturated rings. The van der Waals surface area contributed by atoms with E-state index in [-0.39, 0.29) is 24.0 Å². The lowest BCUT2D eigenvalue weighted by Gasteiger charge is -2.10. The molecule has 1 aliphatic rings. The van der Waals surface area contributed by atoms with E-state index in [0.29, 0.717) is 25.7 Å². The zero-order valence-corrected chi connectivity index (χ0v) is 16.7. The van der Waals surface area contributed by atoms with Gasteiger partial charge in [-0.2, -0.15) is 0 Å². The van der Waals surface area contributed by atoms with Crippen molar-refractivity contribution >= 4 is 35.6 Å². The summed E-state index contributed by atoms with van der Waals surface area (Å²) in [6.07, 6.45) is 1.76. The molecule has 5 nitrogen and oxygen atoms in total. The fourth-order valence-electron chi connectivity index (χ4n) is 2.60. The quantitative estimate of drug-likeness (QED) is 0.421. The van der Waals surface area contributed by atoms with Crippen molar-refractivity contribution in [2.24, 2.45) is 10.7 Å². The largest absolute Gasteiger partial charge is 0.490 e. The summed E-state index contributed by atoms with van der Waals surface area (Å²) in [7, 11) is 0. The lowest BCUT2D eigenvalue weighted by Crippen LogP contribution is -2.23. The molecule has 3 N–H and O–H groups in total. The molecule has 0 unspecified atom stereocenters. The topological polar surface area (TPSA) is 68.9 Å². The van der Waals surface area contributed by atoms with E-state index >= 15 is 0 Å². The van der Waals surface area contributed by atoms with E-state index in [1.807, 2.05) is 18.2 Å². The number of rotatable bonds is 4. The number of nitrogens with two attached hydrogens (primary N) is 1. The van der Waals surface area contributed by atoms with E-state index in [9.17, 15) is 0 Å². The molecule has 25 heavy (non-hydrogen) atoms. The summed E-state index contributed by atoms with van der Waals surface area (Å²) < 4.78 is 11.3. The lowest BCUT2D eigenvalue weighted by molar-refractivity contribution is 0.297. The zero-order chi connectivity index (χ0) is 16.8. The van der Waals surface area contributed by atoms with Crippen molar-refractivity contribution in [3.63, 3.8) is 0 Å². The van der Waals surface area contributed by atoms with Crippen molar-refractivity contribution in [2.45, 2.75) is 19.8 Å². The fraction of sp³-hybridized carbons (Fsp3) is 0.316. The summed E-state index contributed by atoms with van der Waals surface area (Å²) in [4.78, 5) is 4.39. The Labute approximate surface area is 165 Å². The van der Waals surface area contributed by atoms with Gasteiger partial charge in [-0.1, -0.05) is 29.8 Å². The van der Waals surface area contributed by atoms with Gasteiger partial charge >= 0.3 is 0 Å². The number of anilines is 1. The number of hydrogen-bond acceptors (Lipinski definition) is 3. The van der Waals surface area contributed by atoms with Gasteiger partial charge in [-0.3, -0.25) is 4.99 Å². The van der Waals surface area contributed by atoms with E-state index in [1.165, 1.54) is 11.1 Å². The van der Waals surface area contributed by atoms with Crippen LogP contribution in [0.1, 0.15) is 17.5 Å². The van der Waals surface area contributed by atoms with Crippen LogP contribution in [-0.2, 0) is 6.42 Å². The molecule has 0 bridgehead atoms. The summed E-state index contributed by atoms with van der Waals surface area (Å²) in [5, 5.41) is 3.10. The molecule has 134 valence electrons. The van der Waals surface area contributed by atoms with Gasteiger partial charge in [0, 0.05) is 24.7 Å². The molecule has 0 saturated carbocycles. The zero-order valence-electron chi connectivity index (χ0n) is 14.3. The summed E-state index contributed by atoms with van der Waals surface area (Å²) >= 11 is 0. The van der Waals surface area contributed by atoms with Crippen molar-refractivity contribution < 1.29 is 9.47 Å². The molecule has 0 aliphatic carbocycles. The molecule has 2 aromatic carbocycles. The van der Waals surface area contributed by atoms with Gasteiger partial charge in [-0.05, 0) is 31.0 Å². The van der Waals surface area contributed by atoms with Gasteiger partial charge in [0.2, 0.25) is 0 Å². The molecule has 1 aliphatic heterocycles. The van der Waals surface area contributed by atoms with Crippen molar-refractivity contribution in [3.05, 3.63) is 53.6 Å². The Hall–Kier alpha value is -1.96. The number of aryl methyl sites for hydroxylation is 1. The molecule has 0 spiro atoms. The fourth-order valence-corrected chi connectivity index (χ4v) is 2.60. The second kappa shape index (κ2) is 9.50. The minimum Gasteiger partial charge on any atom is -0.490 e. The second-order valence-electron chi connectivity index (χ2n) is 5.84. The van der Waals surface area contributed by atoms with Crippen molar-refractivity contribution in [1.82, 2.24) is 0 Å². The second-order valence-corrected chi connectivity index (χ2v) is 5.84. The summed E-state index contributed by atoms with van der Waals surface area (Å²) in [6.45, 7) is 4.08. The van der Waals surface area contributed by atoms with Gasteiger partial charge in [0.1, 0.15) is 0 Å². The number of benzene rings is 2. The Kier molecular flexibility index (Phi) is 7.36. The number of nitrogens with one attached hydrogen (secondary N) is 1. The normalized spacial score (nSPS) is 13.6. The Morgan fingerprint density at radius 1 is 1.12 bits per heavy atom. The van der Waals surface area contributed by atoms with Crippen LogP contribution in [0.15, 0.2) is 47.5 Å². The Bertz CT molecular complexity index is 734. The minimum atomic E-state index is 0. The first-order valence-electron chi connectivity index (χ1n) is 8.23. The minimum absolute atomic E-state index is 0. The van der Waals surface area contributed by atoms with Crippen LogP contribution in [0.4, 0.5) is 5.69 Å². The van der Waals surface area contributed by atoms with Gasteiger partial charge in [-0.25, -0.2) is 0 Å². The Morgan fingerprint density at radius 2 is 1.92 bits per heavy atom. The van der Waals surface area contributed by atoms with E-state index in [4.69, 9.17) is 15.2 Å². The van der Waals surface area contributed by atoms with Gasteiger partial charge in [0.05, 0.1) is 13.2 Å². The number of nitrogens with zero attached hydrogens (tertiary/aromatic N) is 1. The van der Waals surface area contributed by atoms with E-state index in [0.717, 1.165) is 30.0 Å². The van der Waals surface area contributed by atoms with Crippen molar-refractivity contribution in [3.8, 4) is 11.5 Å². The number of aliphatic imine (C=N–C) groups is 1. The Balaban J connectivity index is 0.00000225. The molecule has 6 heteroatoms. The predicted molar refractivity (Wildman–Crippen MR) is 112 cm³/mol. The first-order chi connectivity index (χ1) is 11.7. The van der Waals surface area contributed by atoms with Crippen LogP contribution >= 0.6 is 24.0 Å². The van der Waals surface area contributed by atoms with Crippen LogP contribution in [0.3, 0.4) is 0 Å². The summed E-state index contributed by atoms with van der Waals surface area (Å²) in [6, 6.07) is 14.1. The highest BCUT2D eigenvalue weighted by atomic mass is 127. The molecular weight excluding hydrogens is 429 g/mol. The smallest absolute Gasteiger partial charge is 0.193 e. The third-order valence-electron chi connectivity index (χ3n) is 3.79. The number of ether oxygens (including phenoxy) is 2. The van der Waals surface area contributed by atoms with Crippen LogP contribution in [-0.4, -0.2) is 25.7 Å². The van der Waals surface area contributed by atoms with Gasteiger partial charge in [-0.15, -0.1) is 24.0 Å². The highest BCUT2D eigenvalue weighted by Gasteiger charge is 2.10. The third-order valence-corrected chi connectivity index (χ3v) is 3.79. The first-order valence-corrected chi connectivity index (χ1v) is 8.23. The van der Waals surface area contributed by atoms with Gasteiger partial charge < -0.3 is 20.5 Å². The highest BCUT2D eigenvalue weighted by Crippen LogP contribution is 2.32. The summed E-state index contributed by atoms with van der Waals surface area (Å²) in [5.74, 6) is 1.91. The SMILES string of the molecule is Cc1cccc(CCN=C(N)Nc2ccc3c(c2)OCCCO3)c1.I. The molecule has 0 saturated heterocycles. The van der Waals surface area contributed by atoms with Crippen LogP contribution in [0.25, 0.3) is 0 Å². The standard InChI is InChI=1S/C19H23N3O2.HI/c1-14-4-2-5-15(12-14)8-9-21-19(20)22-16-6-7-17-18(13-16)24-11-3-10-23-17;/h2,4-7,12-13H,3,8-11H2,1H3,(H3,20,21,22);1H. The van der Waals surface area contributed by atoms with Gasteiger partial charge in [0.25, 0.3) is 0 Å². The molecule has 2 aromatic rings. The average molecular weight is 453 g/mol. The van der Waals surface area contributed by atoms with Crippen LogP contribution in [0, 0.1) is 6.92 Å². The van der Waals surface area contributed by atoms with E-state index in [1.54, 1.807) is 0 Å². The summed E-state index contributed by atoms with van der Waals surface area (Å²) in [5.41, 5.74) is 9.34.